The second-order valence-electron chi connectivity index (χ2n) is 7.90. The number of anilines is 1. The molecule has 0 N–H and O–H groups in total. The van der Waals surface area contributed by atoms with Crippen molar-refractivity contribution in [3.63, 3.8) is 0 Å². The minimum atomic E-state index is 0.0118. The van der Waals surface area contributed by atoms with Crippen LogP contribution in [0.3, 0.4) is 0 Å². The Morgan fingerprint density at radius 3 is 2.35 bits per heavy atom. The zero-order chi connectivity index (χ0) is 23.3. The lowest BCUT2D eigenvalue weighted by Gasteiger charge is -2.23. The minimum Gasteiger partial charge on any atom is -0.307 e. The van der Waals surface area contributed by atoms with Crippen LogP contribution in [0.5, 0.6) is 0 Å². The summed E-state index contributed by atoms with van der Waals surface area (Å²) in [4.78, 5) is 24.1. The van der Waals surface area contributed by atoms with Crippen molar-refractivity contribution in [3.05, 3.63) is 109 Å². The van der Waals surface area contributed by atoms with E-state index in [1.165, 1.54) is 23.7 Å². The van der Waals surface area contributed by atoms with Gasteiger partial charge >= 0.3 is 0 Å². The molecule has 0 aliphatic rings. The van der Waals surface area contributed by atoms with E-state index in [1.807, 2.05) is 89.8 Å². The van der Waals surface area contributed by atoms with Gasteiger partial charge in [0.15, 0.2) is 5.65 Å². The zero-order valence-electron chi connectivity index (χ0n) is 18.7. The van der Waals surface area contributed by atoms with Crippen LogP contribution in [-0.2, 0) is 11.3 Å². The molecule has 3 aromatic carbocycles. The van der Waals surface area contributed by atoms with Gasteiger partial charge < -0.3 is 4.90 Å². The van der Waals surface area contributed by atoms with Crippen LogP contribution in [0.25, 0.3) is 16.7 Å². The third kappa shape index (κ3) is 4.70. The average molecular weight is 466 g/mol. The molecule has 0 fully saturated rings. The zero-order valence-corrected chi connectivity index (χ0v) is 19.5. The lowest BCUT2D eigenvalue weighted by atomic mass is 10.2. The van der Waals surface area contributed by atoms with Crippen LogP contribution < -0.4 is 4.90 Å². The molecule has 0 radical (unpaired) electrons. The van der Waals surface area contributed by atoms with Gasteiger partial charge in [-0.3, -0.25) is 4.79 Å². The van der Waals surface area contributed by atoms with Crippen LogP contribution in [0.2, 0.25) is 0 Å². The molecule has 6 nitrogen and oxygen atoms in total. The smallest absolute Gasteiger partial charge is 0.237 e. The molecule has 5 aromatic rings. The first-order valence-corrected chi connectivity index (χ1v) is 12.0. The Hall–Kier alpha value is -3.97. The summed E-state index contributed by atoms with van der Waals surface area (Å²) in [5.41, 5.74) is 4.79. The van der Waals surface area contributed by atoms with Gasteiger partial charge in [0.25, 0.3) is 0 Å². The van der Waals surface area contributed by atoms with E-state index in [2.05, 4.69) is 22.0 Å². The van der Waals surface area contributed by atoms with Crippen LogP contribution in [0.15, 0.2) is 102 Å². The quantitative estimate of drug-likeness (QED) is 0.236. The van der Waals surface area contributed by atoms with Gasteiger partial charge in [-0.25, -0.2) is 14.6 Å². The SMILES string of the molecule is Cc1ccc(-n2ncc3c(SCC(=O)N(Cc4ccccc4)c4ccccc4)ncnc32)cc1. The van der Waals surface area contributed by atoms with Crippen molar-refractivity contribution in [1.29, 1.82) is 0 Å². The van der Waals surface area contributed by atoms with Gasteiger partial charge in [0.05, 0.1) is 29.6 Å². The summed E-state index contributed by atoms with van der Waals surface area (Å²) in [6.45, 7) is 2.56. The Morgan fingerprint density at radius 1 is 0.912 bits per heavy atom. The summed E-state index contributed by atoms with van der Waals surface area (Å²) in [6, 6.07) is 27.9. The molecule has 0 spiro atoms. The van der Waals surface area contributed by atoms with E-state index in [0.717, 1.165) is 33.0 Å². The number of rotatable bonds is 7. The van der Waals surface area contributed by atoms with Crippen LogP contribution in [0, 0.1) is 6.92 Å². The molecule has 0 atom stereocenters. The molecule has 0 saturated heterocycles. The molecule has 2 aromatic heterocycles. The van der Waals surface area contributed by atoms with Crippen LogP contribution in [-0.4, -0.2) is 31.4 Å². The van der Waals surface area contributed by atoms with Crippen molar-refractivity contribution >= 4 is 34.4 Å². The van der Waals surface area contributed by atoms with Crippen LogP contribution in [0.4, 0.5) is 5.69 Å². The number of carbonyl (C=O) groups excluding carboxylic acids is 1. The minimum absolute atomic E-state index is 0.0118. The fourth-order valence-corrected chi connectivity index (χ4v) is 4.56. The number of hydrogen-bond acceptors (Lipinski definition) is 5. The van der Waals surface area contributed by atoms with Crippen molar-refractivity contribution in [2.45, 2.75) is 18.5 Å². The van der Waals surface area contributed by atoms with Gasteiger partial charge in [-0.1, -0.05) is 78.0 Å². The van der Waals surface area contributed by atoms with Crippen molar-refractivity contribution in [2.24, 2.45) is 0 Å². The Morgan fingerprint density at radius 2 is 1.62 bits per heavy atom. The predicted molar refractivity (Wildman–Crippen MR) is 136 cm³/mol. The van der Waals surface area contributed by atoms with E-state index < -0.39 is 0 Å². The lowest BCUT2D eigenvalue weighted by Crippen LogP contribution is -2.31. The topological polar surface area (TPSA) is 63.9 Å². The molecule has 34 heavy (non-hydrogen) atoms. The van der Waals surface area contributed by atoms with E-state index in [1.54, 1.807) is 10.9 Å². The second kappa shape index (κ2) is 9.89. The normalized spacial score (nSPS) is 11.0. The van der Waals surface area contributed by atoms with Gasteiger partial charge in [-0.15, -0.1) is 0 Å². The molecule has 0 unspecified atom stereocenters. The Labute approximate surface area is 202 Å². The number of aryl methyl sites for hydroxylation is 1. The predicted octanol–water partition coefficient (Wildman–Crippen LogP) is 5.45. The first-order valence-electron chi connectivity index (χ1n) is 11.0. The molecular formula is C27H23N5OS. The van der Waals surface area contributed by atoms with E-state index in [-0.39, 0.29) is 11.7 Å². The number of amides is 1. The molecule has 7 heteroatoms. The van der Waals surface area contributed by atoms with Crippen molar-refractivity contribution in [2.75, 3.05) is 10.7 Å². The highest BCUT2D eigenvalue weighted by molar-refractivity contribution is 8.00. The van der Waals surface area contributed by atoms with E-state index >= 15 is 0 Å². The van der Waals surface area contributed by atoms with Crippen LogP contribution in [0.1, 0.15) is 11.1 Å². The molecule has 1 amide bonds. The highest BCUT2D eigenvalue weighted by Crippen LogP contribution is 2.27. The maximum absolute atomic E-state index is 13.4. The molecule has 0 bridgehead atoms. The second-order valence-corrected chi connectivity index (χ2v) is 8.86. The standard InChI is InChI=1S/C27H23N5OS/c1-20-12-14-23(15-13-20)32-26-24(16-30-32)27(29-19-28-26)34-18-25(33)31(22-10-6-3-7-11-22)17-21-8-4-2-5-9-21/h2-16,19H,17-18H2,1H3. The van der Waals surface area contributed by atoms with Crippen LogP contribution >= 0.6 is 11.8 Å². The van der Waals surface area contributed by atoms with E-state index in [4.69, 9.17) is 0 Å². The van der Waals surface area contributed by atoms with Gasteiger partial charge in [-0.2, -0.15) is 5.10 Å². The molecule has 0 saturated carbocycles. The average Bonchev–Trinajstić information content (AvgIpc) is 3.32. The third-order valence-electron chi connectivity index (χ3n) is 5.49. The summed E-state index contributed by atoms with van der Waals surface area (Å²) in [6.07, 6.45) is 3.29. The maximum Gasteiger partial charge on any atom is 0.237 e. The summed E-state index contributed by atoms with van der Waals surface area (Å²) >= 11 is 1.41. The molecule has 0 aliphatic carbocycles. The Bertz CT molecular complexity index is 1400. The number of para-hydroxylation sites is 1. The summed E-state index contributed by atoms with van der Waals surface area (Å²) in [7, 11) is 0. The molecule has 2 heterocycles. The summed E-state index contributed by atoms with van der Waals surface area (Å²) in [5.74, 6) is 0.265. The molecule has 168 valence electrons. The molecule has 0 aliphatic heterocycles. The number of hydrogen-bond donors (Lipinski definition) is 0. The monoisotopic (exact) mass is 465 g/mol. The fraction of sp³-hybridized carbons (Fsp3) is 0.111. The number of nitrogens with zero attached hydrogens (tertiary/aromatic N) is 5. The van der Waals surface area contributed by atoms with E-state index in [0.29, 0.717) is 6.54 Å². The van der Waals surface area contributed by atoms with Gasteiger partial charge in [0.1, 0.15) is 11.4 Å². The summed E-state index contributed by atoms with van der Waals surface area (Å²) in [5, 5.41) is 6.10. The summed E-state index contributed by atoms with van der Waals surface area (Å²) < 4.78 is 1.80. The Kier molecular flexibility index (Phi) is 6.35. The van der Waals surface area contributed by atoms with Crippen molar-refractivity contribution in [1.82, 2.24) is 19.7 Å². The first kappa shape index (κ1) is 21.9. The van der Waals surface area contributed by atoms with Gasteiger partial charge in [0, 0.05) is 5.69 Å². The largest absolute Gasteiger partial charge is 0.307 e. The number of thioether (sulfide) groups is 1. The number of carbonyl (C=O) groups is 1. The van der Waals surface area contributed by atoms with Gasteiger partial charge in [0.2, 0.25) is 5.91 Å². The fourth-order valence-electron chi connectivity index (χ4n) is 3.72. The number of benzene rings is 3. The third-order valence-corrected chi connectivity index (χ3v) is 6.48. The number of aromatic nitrogens is 4. The van der Waals surface area contributed by atoms with E-state index in [9.17, 15) is 4.79 Å². The molecule has 5 rings (SSSR count). The number of fused-ring (bicyclic) bond motifs is 1. The van der Waals surface area contributed by atoms with Crippen molar-refractivity contribution in [3.8, 4) is 5.69 Å². The lowest BCUT2D eigenvalue weighted by molar-refractivity contribution is -0.116. The molecular weight excluding hydrogens is 442 g/mol. The van der Waals surface area contributed by atoms with Gasteiger partial charge in [-0.05, 0) is 36.8 Å². The Balaban J connectivity index is 1.38. The van der Waals surface area contributed by atoms with Crippen molar-refractivity contribution < 1.29 is 4.79 Å². The first-order chi connectivity index (χ1) is 16.7. The highest BCUT2D eigenvalue weighted by atomic mass is 32.2. The highest BCUT2D eigenvalue weighted by Gasteiger charge is 2.18. The maximum atomic E-state index is 13.4.